The summed E-state index contributed by atoms with van der Waals surface area (Å²) in [6.45, 7) is 1.11. The van der Waals surface area contributed by atoms with Gasteiger partial charge in [0.05, 0.1) is 5.02 Å². The molecule has 0 aromatic carbocycles. The Balaban J connectivity index is 1.90. The summed E-state index contributed by atoms with van der Waals surface area (Å²) in [7, 11) is 0. The normalized spacial score (nSPS) is 20.7. The predicted molar refractivity (Wildman–Crippen MR) is 62.7 cm³/mol. The van der Waals surface area contributed by atoms with Gasteiger partial charge in [0.2, 0.25) is 0 Å². The van der Waals surface area contributed by atoms with Crippen LogP contribution in [-0.4, -0.2) is 27.2 Å². The van der Waals surface area contributed by atoms with E-state index >= 15 is 0 Å². The van der Waals surface area contributed by atoms with Crippen molar-refractivity contribution in [3.63, 3.8) is 0 Å². The zero-order valence-corrected chi connectivity index (χ0v) is 9.61. The summed E-state index contributed by atoms with van der Waals surface area (Å²) < 4.78 is 1.74. The number of rotatable bonds is 2. The standard InChI is InChI=1S/C11H13ClN4/c12-9-4-2-6-16-11(9)14-10(15-16)7-8-3-1-5-13-8/h2,4,6,8,13H,1,3,5,7H2. The van der Waals surface area contributed by atoms with Crippen molar-refractivity contribution in [1.82, 2.24) is 19.9 Å². The summed E-state index contributed by atoms with van der Waals surface area (Å²) in [6, 6.07) is 4.24. The maximum absolute atomic E-state index is 6.05. The number of nitrogens with zero attached hydrogens (tertiary/aromatic N) is 3. The molecular weight excluding hydrogens is 224 g/mol. The number of hydrogen-bond donors (Lipinski definition) is 1. The molecule has 1 saturated heterocycles. The van der Waals surface area contributed by atoms with Crippen molar-refractivity contribution in [2.24, 2.45) is 0 Å². The number of fused-ring (bicyclic) bond motifs is 1. The molecule has 0 aliphatic carbocycles. The van der Waals surface area contributed by atoms with Crippen molar-refractivity contribution in [1.29, 1.82) is 0 Å². The van der Waals surface area contributed by atoms with Crippen molar-refractivity contribution in [3.05, 3.63) is 29.2 Å². The number of aromatic nitrogens is 3. The van der Waals surface area contributed by atoms with Crippen molar-refractivity contribution in [2.45, 2.75) is 25.3 Å². The molecule has 1 unspecified atom stereocenters. The maximum atomic E-state index is 6.05. The minimum absolute atomic E-state index is 0.524. The van der Waals surface area contributed by atoms with Gasteiger partial charge in [-0.3, -0.25) is 0 Å². The SMILES string of the molecule is Clc1cccn2nc(CC3CCCN3)nc12. The molecule has 0 bridgehead atoms. The van der Waals surface area contributed by atoms with Gasteiger partial charge in [0.25, 0.3) is 0 Å². The Kier molecular flexibility index (Phi) is 2.53. The van der Waals surface area contributed by atoms with Crippen LogP contribution in [-0.2, 0) is 6.42 Å². The average molecular weight is 237 g/mol. The van der Waals surface area contributed by atoms with E-state index in [-0.39, 0.29) is 0 Å². The fourth-order valence-corrected chi connectivity index (χ4v) is 2.36. The Labute approximate surface area is 98.6 Å². The van der Waals surface area contributed by atoms with E-state index in [0.717, 1.165) is 24.4 Å². The van der Waals surface area contributed by atoms with Gasteiger partial charge in [-0.15, -0.1) is 0 Å². The zero-order chi connectivity index (χ0) is 11.0. The molecular formula is C11H13ClN4. The largest absolute Gasteiger partial charge is 0.314 e. The van der Waals surface area contributed by atoms with Crippen LogP contribution in [0.5, 0.6) is 0 Å². The highest BCUT2D eigenvalue weighted by Crippen LogP contribution is 2.16. The van der Waals surface area contributed by atoms with Crippen molar-refractivity contribution >= 4 is 17.2 Å². The Bertz CT molecular complexity index is 502. The lowest BCUT2D eigenvalue weighted by molar-refractivity contribution is 0.585. The lowest BCUT2D eigenvalue weighted by Gasteiger charge is -2.05. The fraction of sp³-hybridized carbons (Fsp3) is 0.455. The van der Waals surface area contributed by atoms with E-state index in [1.807, 2.05) is 18.3 Å². The van der Waals surface area contributed by atoms with Crippen LogP contribution in [0.4, 0.5) is 0 Å². The lowest BCUT2D eigenvalue weighted by Crippen LogP contribution is -2.24. The summed E-state index contributed by atoms with van der Waals surface area (Å²) >= 11 is 6.05. The molecule has 2 aromatic heterocycles. The number of halogens is 1. The van der Waals surface area contributed by atoms with Gasteiger partial charge in [-0.1, -0.05) is 11.6 Å². The number of nitrogens with one attached hydrogen (secondary N) is 1. The van der Waals surface area contributed by atoms with Crippen LogP contribution in [0.2, 0.25) is 5.02 Å². The van der Waals surface area contributed by atoms with Crippen molar-refractivity contribution in [2.75, 3.05) is 6.54 Å². The average Bonchev–Trinajstić information content (AvgIpc) is 2.88. The first-order valence-electron chi connectivity index (χ1n) is 5.56. The van der Waals surface area contributed by atoms with Crippen molar-refractivity contribution < 1.29 is 0 Å². The van der Waals surface area contributed by atoms with E-state index in [9.17, 15) is 0 Å². The molecule has 0 radical (unpaired) electrons. The third-order valence-electron chi connectivity index (χ3n) is 2.95. The molecule has 2 aromatic rings. The van der Waals surface area contributed by atoms with Crippen LogP contribution in [0.15, 0.2) is 18.3 Å². The minimum Gasteiger partial charge on any atom is -0.314 e. The highest BCUT2D eigenvalue weighted by Gasteiger charge is 2.17. The summed E-state index contributed by atoms with van der Waals surface area (Å²) in [5.41, 5.74) is 0.747. The van der Waals surface area contributed by atoms with Gasteiger partial charge in [0.1, 0.15) is 0 Å². The summed E-state index contributed by atoms with van der Waals surface area (Å²) in [4.78, 5) is 4.46. The molecule has 3 rings (SSSR count). The first kappa shape index (κ1) is 10.1. The quantitative estimate of drug-likeness (QED) is 0.863. The molecule has 0 saturated carbocycles. The second-order valence-corrected chi connectivity index (χ2v) is 4.56. The predicted octanol–water partition coefficient (Wildman–Crippen LogP) is 1.68. The molecule has 4 nitrogen and oxygen atoms in total. The molecule has 3 heterocycles. The van der Waals surface area contributed by atoms with E-state index in [1.165, 1.54) is 12.8 Å². The molecule has 1 aliphatic heterocycles. The van der Waals surface area contributed by atoms with Gasteiger partial charge in [0, 0.05) is 18.7 Å². The Morgan fingerprint density at radius 2 is 2.50 bits per heavy atom. The van der Waals surface area contributed by atoms with Crippen LogP contribution in [0.3, 0.4) is 0 Å². The van der Waals surface area contributed by atoms with E-state index in [4.69, 9.17) is 11.6 Å². The highest BCUT2D eigenvalue weighted by atomic mass is 35.5. The smallest absolute Gasteiger partial charge is 0.174 e. The topological polar surface area (TPSA) is 42.2 Å². The molecule has 1 fully saturated rings. The Morgan fingerprint density at radius 1 is 1.56 bits per heavy atom. The first-order chi connectivity index (χ1) is 7.83. The van der Waals surface area contributed by atoms with Crippen LogP contribution in [0, 0.1) is 0 Å². The Hall–Kier alpha value is -1.13. The summed E-state index contributed by atoms with van der Waals surface area (Å²) in [6.07, 6.45) is 5.22. The van der Waals surface area contributed by atoms with Gasteiger partial charge < -0.3 is 5.32 Å². The van der Waals surface area contributed by atoms with Gasteiger partial charge in [-0.2, -0.15) is 5.10 Å². The Morgan fingerprint density at radius 3 is 3.25 bits per heavy atom. The monoisotopic (exact) mass is 236 g/mol. The van der Waals surface area contributed by atoms with Crippen LogP contribution in [0.1, 0.15) is 18.7 Å². The minimum atomic E-state index is 0.524. The highest BCUT2D eigenvalue weighted by molar-refractivity contribution is 6.33. The molecule has 16 heavy (non-hydrogen) atoms. The molecule has 0 spiro atoms. The first-order valence-corrected chi connectivity index (χ1v) is 5.94. The summed E-state index contributed by atoms with van der Waals surface area (Å²) in [5.74, 6) is 0.868. The molecule has 84 valence electrons. The van der Waals surface area contributed by atoms with E-state index in [2.05, 4.69) is 15.4 Å². The van der Waals surface area contributed by atoms with Gasteiger partial charge in [-0.05, 0) is 31.5 Å². The lowest BCUT2D eigenvalue weighted by atomic mass is 10.1. The molecule has 0 amide bonds. The molecule has 1 atom stereocenters. The molecule has 1 aliphatic rings. The van der Waals surface area contributed by atoms with Crippen LogP contribution < -0.4 is 5.32 Å². The second-order valence-electron chi connectivity index (χ2n) is 4.15. The van der Waals surface area contributed by atoms with Crippen LogP contribution in [0.25, 0.3) is 5.65 Å². The van der Waals surface area contributed by atoms with E-state index in [1.54, 1.807) is 4.52 Å². The summed E-state index contributed by atoms with van der Waals surface area (Å²) in [5, 5.41) is 8.51. The van der Waals surface area contributed by atoms with E-state index in [0.29, 0.717) is 11.1 Å². The van der Waals surface area contributed by atoms with Gasteiger partial charge in [0.15, 0.2) is 11.5 Å². The third-order valence-corrected chi connectivity index (χ3v) is 3.24. The van der Waals surface area contributed by atoms with Crippen molar-refractivity contribution in [3.8, 4) is 0 Å². The van der Waals surface area contributed by atoms with Gasteiger partial charge >= 0.3 is 0 Å². The second kappa shape index (κ2) is 4.03. The molecule has 5 heteroatoms. The maximum Gasteiger partial charge on any atom is 0.174 e. The molecule has 1 N–H and O–H groups in total. The fourth-order valence-electron chi connectivity index (χ4n) is 2.16. The zero-order valence-electron chi connectivity index (χ0n) is 8.86. The number of pyridine rings is 1. The third kappa shape index (κ3) is 1.79. The van der Waals surface area contributed by atoms with Crippen LogP contribution >= 0.6 is 11.6 Å². The van der Waals surface area contributed by atoms with Gasteiger partial charge in [-0.25, -0.2) is 9.50 Å². The number of hydrogen-bond acceptors (Lipinski definition) is 3. The van der Waals surface area contributed by atoms with E-state index < -0.39 is 0 Å².